The van der Waals surface area contributed by atoms with Crippen LogP contribution in [0.2, 0.25) is 0 Å². The highest BCUT2D eigenvalue weighted by Crippen LogP contribution is 2.44. The van der Waals surface area contributed by atoms with Gasteiger partial charge in [0, 0.05) is 5.56 Å². The SMILES string of the molecule is CCOC(=O)c1sc(N2C(=O)C(=O)/C(=C(\O)c3ccc(F)cc3)C2c2cccc(Oc3ccccc3)c2)nc1C. The van der Waals surface area contributed by atoms with Gasteiger partial charge >= 0.3 is 11.9 Å². The number of hydrogen-bond acceptors (Lipinski definition) is 8. The Labute approximate surface area is 232 Å². The topological polar surface area (TPSA) is 106 Å². The molecule has 0 aliphatic carbocycles. The predicted octanol–water partition coefficient (Wildman–Crippen LogP) is 6.19. The first kappa shape index (κ1) is 26.8. The van der Waals surface area contributed by atoms with E-state index >= 15 is 0 Å². The minimum atomic E-state index is -1.12. The summed E-state index contributed by atoms with van der Waals surface area (Å²) < 4.78 is 24.7. The lowest BCUT2D eigenvalue weighted by atomic mass is 9.95. The Kier molecular flexibility index (Phi) is 7.43. The van der Waals surface area contributed by atoms with E-state index in [1.54, 1.807) is 50.2 Å². The standard InChI is InChI=1S/C30H23FN2O6S/c1-3-38-29(37)27-17(2)32-30(40-27)33-24(19-8-7-11-22(16-19)39-21-9-5-4-6-10-21)23(26(35)28(33)36)25(34)18-12-14-20(31)15-13-18/h4-16,24,34H,3H2,1-2H3/b25-23-. The van der Waals surface area contributed by atoms with E-state index in [1.165, 1.54) is 12.1 Å². The number of esters is 1. The molecule has 1 aliphatic rings. The molecule has 10 heteroatoms. The molecule has 202 valence electrons. The highest BCUT2D eigenvalue weighted by Gasteiger charge is 2.48. The number of aromatic nitrogens is 1. The first-order chi connectivity index (χ1) is 19.3. The molecule has 0 spiro atoms. The Morgan fingerprint density at radius 3 is 2.42 bits per heavy atom. The third-order valence-electron chi connectivity index (χ3n) is 6.17. The fraction of sp³-hybridized carbons (Fsp3) is 0.133. The van der Waals surface area contributed by atoms with Crippen LogP contribution in [0, 0.1) is 12.7 Å². The molecular formula is C30H23FN2O6S. The Morgan fingerprint density at radius 1 is 1.02 bits per heavy atom. The van der Waals surface area contributed by atoms with Crippen molar-refractivity contribution in [2.45, 2.75) is 19.9 Å². The summed E-state index contributed by atoms with van der Waals surface area (Å²) in [7, 11) is 0. The summed E-state index contributed by atoms with van der Waals surface area (Å²) in [5.74, 6) is -2.48. The lowest BCUT2D eigenvalue weighted by Crippen LogP contribution is -2.29. The zero-order valence-electron chi connectivity index (χ0n) is 21.5. The van der Waals surface area contributed by atoms with Crippen molar-refractivity contribution in [3.63, 3.8) is 0 Å². The van der Waals surface area contributed by atoms with Crippen LogP contribution in [0.1, 0.15) is 39.5 Å². The third kappa shape index (κ3) is 5.08. The maximum Gasteiger partial charge on any atom is 0.350 e. The van der Waals surface area contributed by atoms with E-state index in [0.717, 1.165) is 28.4 Å². The van der Waals surface area contributed by atoms with Crippen molar-refractivity contribution in [3.05, 3.63) is 112 Å². The number of aliphatic hydroxyl groups excluding tert-OH is 1. The van der Waals surface area contributed by atoms with Crippen LogP contribution in [0.5, 0.6) is 11.5 Å². The van der Waals surface area contributed by atoms with Crippen LogP contribution in [0.4, 0.5) is 9.52 Å². The lowest BCUT2D eigenvalue weighted by Gasteiger charge is -2.23. The molecule has 1 atom stereocenters. The first-order valence-corrected chi connectivity index (χ1v) is 13.1. The smallest absolute Gasteiger partial charge is 0.350 e. The van der Waals surface area contributed by atoms with Crippen LogP contribution in [-0.2, 0) is 14.3 Å². The van der Waals surface area contributed by atoms with Crippen molar-refractivity contribution in [2.24, 2.45) is 0 Å². The number of rotatable bonds is 7. The van der Waals surface area contributed by atoms with Gasteiger partial charge in [0.15, 0.2) is 5.13 Å². The van der Waals surface area contributed by atoms with Crippen molar-refractivity contribution in [1.29, 1.82) is 0 Å². The molecule has 1 saturated heterocycles. The molecule has 1 N–H and O–H groups in total. The maximum absolute atomic E-state index is 13.6. The number of anilines is 1. The van der Waals surface area contributed by atoms with E-state index in [1.807, 2.05) is 18.2 Å². The number of aliphatic hydroxyl groups is 1. The minimum Gasteiger partial charge on any atom is -0.507 e. The second kappa shape index (κ2) is 11.1. The molecule has 3 aromatic carbocycles. The molecule has 0 saturated carbocycles. The molecule has 8 nitrogen and oxygen atoms in total. The number of benzene rings is 3. The average molecular weight is 559 g/mol. The Bertz CT molecular complexity index is 1630. The number of halogens is 1. The summed E-state index contributed by atoms with van der Waals surface area (Å²) >= 11 is 0.910. The van der Waals surface area contributed by atoms with Crippen LogP contribution >= 0.6 is 11.3 Å². The number of ketones is 1. The van der Waals surface area contributed by atoms with Gasteiger partial charge in [-0.05, 0) is 67.9 Å². The van der Waals surface area contributed by atoms with Gasteiger partial charge in [-0.2, -0.15) is 0 Å². The first-order valence-electron chi connectivity index (χ1n) is 12.3. The zero-order chi connectivity index (χ0) is 28.4. The number of aryl methyl sites for hydroxylation is 1. The number of amides is 1. The highest BCUT2D eigenvalue weighted by molar-refractivity contribution is 7.17. The molecule has 1 amide bonds. The number of carbonyl (C=O) groups is 3. The van der Waals surface area contributed by atoms with Gasteiger partial charge in [0.05, 0.1) is 23.9 Å². The number of nitrogens with zero attached hydrogens (tertiary/aromatic N) is 2. The van der Waals surface area contributed by atoms with Crippen molar-refractivity contribution < 1.29 is 33.4 Å². The fourth-order valence-electron chi connectivity index (χ4n) is 4.35. The summed E-state index contributed by atoms with van der Waals surface area (Å²) in [6, 6.07) is 19.6. The van der Waals surface area contributed by atoms with Crippen molar-refractivity contribution in [2.75, 3.05) is 11.5 Å². The second-order valence-electron chi connectivity index (χ2n) is 8.80. The number of Topliss-reactive ketones (excluding diaryl/α,β-unsaturated/α-hetero) is 1. The predicted molar refractivity (Wildman–Crippen MR) is 147 cm³/mol. The summed E-state index contributed by atoms with van der Waals surface area (Å²) in [5, 5.41) is 11.3. The van der Waals surface area contributed by atoms with E-state index in [0.29, 0.717) is 22.8 Å². The van der Waals surface area contributed by atoms with Gasteiger partial charge < -0.3 is 14.6 Å². The average Bonchev–Trinajstić information content (AvgIpc) is 3.46. The Morgan fingerprint density at radius 2 is 1.73 bits per heavy atom. The molecule has 1 aromatic heterocycles. The monoisotopic (exact) mass is 558 g/mol. The normalized spacial score (nSPS) is 16.3. The van der Waals surface area contributed by atoms with Gasteiger partial charge in [0.25, 0.3) is 5.78 Å². The highest BCUT2D eigenvalue weighted by atomic mass is 32.1. The van der Waals surface area contributed by atoms with Crippen LogP contribution in [0.3, 0.4) is 0 Å². The van der Waals surface area contributed by atoms with E-state index in [4.69, 9.17) is 9.47 Å². The van der Waals surface area contributed by atoms with Crippen molar-refractivity contribution in [3.8, 4) is 11.5 Å². The van der Waals surface area contributed by atoms with Gasteiger partial charge in [-0.15, -0.1) is 0 Å². The second-order valence-corrected chi connectivity index (χ2v) is 9.77. The molecule has 5 rings (SSSR count). The number of para-hydroxylation sites is 1. The number of ether oxygens (including phenoxy) is 2. The number of carbonyl (C=O) groups excluding carboxylic acids is 3. The van der Waals surface area contributed by atoms with Gasteiger partial charge in [-0.1, -0.05) is 41.7 Å². The third-order valence-corrected chi connectivity index (χ3v) is 7.30. The molecule has 1 aliphatic heterocycles. The molecular weight excluding hydrogens is 535 g/mol. The van der Waals surface area contributed by atoms with Crippen LogP contribution in [0.25, 0.3) is 5.76 Å². The van der Waals surface area contributed by atoms with E-state index in [2.05, 4.69) is 4.98 Å². The molecule has 0 bridgehead atoms. The summed E-state index contributed by atoms with van der Waals surface area (Å²) in [6.07, 6.45) is 0. The van der Waals surface area contributed by atoms with Crippen LogP contribution in [-0.4, -0.2) is 34.4 Å². The summed E-state index contributed by atoms with van der Waals surface area (Å²) in [5.41, 5.74) is 0.725. The summed E-state index contributed by atoms with van der Waals surface area (Å²) in [4.78, 5) is 45.1. The zero-order valence-corrected chi connectivity index (χ0v) is 22.3. The fourth-order valence-corrected chi connectivity index (χ4v) is 5.34. The van der Waals surface area contributed by atoms with Crippen molar-refractivity contribution >= 4 is 39.9 Å². The quantitative estimate of drug-likeness (QED) is 0.125. The minimum absolute atomic E-state index is 0.0835. The number of thiazole rings is 1. The Balaban J connectivity index is 1.66. The van der Waals surface area contributed by atoms with Crippen LogP contribution < -0.4 is 9.64 Å². The van der Waals surface area contributed by atoms with E-state index < -0.39 is 35.3 Å². The molecule has 0 radical (unpaired) electrons. The Hall–Kier alpha value is -4.83. The largest absolute Gasteiger partial charge is 0.507 e. The lowest BCUT2D eigenvalue weighted by molar-refractivity contribution is -0.132. The molecule has 1 fully saturated rings. The van der Waals surface area contributed by atoms with Crippen LogP contribution in [0.15, 0.2) is 84.4 Å². The van der Waals surface area contributed by atoms with Gasteiger partial charge in [0.1, 0.15) is 28.0 Å². The molecule has 40 heavy (non-hydrogen) atoms. The van der Waals surface area contributed by atoms with Gasteiger partial charge in [-0.25, -0.2) is 14.2 Å². The van der Waals surface area contributed by atoms with E-state index in [-0.39, 0.29) is 27.8 Å². The molecule has 1 unspecified atom stereocenters. The van der Waals surface area contributed by atoms with Gasteiger partial charge in [0.2, 0.25) is 0 Å². The number of hydrogen-bond donors (Lipinski definition) is 1. The molecule has 2 heterocycles. The van der Waals surface area contributed by atoms with Crippen molar-refractivity contribution in [1.82, 2.24) is 4.98 Å². The van der Waals surface area contributed by atoms with E-state index in [9.17, 15) is 23.9 Å². The molecule has 4 aromatic rings. The maximum atomic E-state index is 13.6. The van der Waals surface area contributed by atoms with Gasteiger partial charge in [-0.3, -0.25) is 14.5 Å². The summed E-state index contributed by atoms with van der Waals surface area (Å²) in [6.45, 7) is 3.43.